The fraction of sp³-hybridized carbons (Fsp3) is 0.455. The summed E-state index contributed by atoms with van der Waals surface area (Å²) in [5.74, 6) is -1.85. The first kappa shape index (κ1) is 22.8. The number of aromatic amines is 2. The highest BCUT2D eigenvalue weighted by atomic mass is 19.4. The lowest BCUT2D eigenvalue weighted by Crippen LogP contribution is -2.24. The number of nitrogens with one attached hydrogen (secondary N) is 2. The molecule has 4 rings (SSSR count). The van der Waals surface area contributed by atoms with Crippen LogP contribution in [0.5, 0.6) is 0 Å². The minimum Gasteiger partial charge on any atom is -0.359 e. The van der Waals surface area contributed by atoms with E-state index in [9.17, 15) is 27.2 Å². The van der Waals surface area contributed by atoms with Crippen LogP contribution in [0.15, 0.2) is 34.0 Å². The fourth-order valence-corrected chi connectivity index (χ4v) is 4.02. The Morgan fingerprint density at radius 2 is 1.77 bits per heavy atom. The standard InChI is InChI=1S/C15H14FN3O2.C7H11F3/c1-3-19-12(20)5-4-11-14(19)10(7-17-11)9-6-8(2)18-15(21)13(9)16;8-7(9,10)6-4-2-1-3-5-6/h4-7,17H,3H2,1-2H3,(H,18,21);6H,1-5H2. The van der Waals surface area contributed by atoms with Crippen LogP contribution in [-0.2, 0) is 6.54 Å². The molecule has 0 spiro atoms. The number of hydrogen-bond acceptors (Lipinski definition) is 2. The van der Waals surface area contributed by atoms with Gasteiger partial charge in [-0.2, -0.15) is 13.2 Å². The highest BCUT2D eigenvalue weighted by Gasteiger charge is 2.39. The lowest BCUT2D eigenvalue weighted by Gasteiger charge is -2.23. The van der Waals surface area contributed by atoms with Crippen LogP contribution in [0.1, 0.15) is 44.7 Å². The SMILES string of the molecule is CCn1c(=O)ccc2[nH]cc(-c3cc(C)[nH]c(=O)c3F)c21.FC(F)(F)C1CCCCC1. The van der Waals surface area contributed by atoms with Crippen molar-refractivity contribution in [1.29, 1.82) is 0 Å². The van der Waals surface area contributed by atoms with Crippen LogP contribution in [-0.4, -0.2) is 20.7 Å². The van der Waals surface area contributed by atoms with Gasteiger partial charge in [-0.15, -0.1) is 0 Å². The molecule has 0 radical (unpaired) electrons. The number of fused-ring (bicyclic) bond motifs is 1. The van der Waals surface area contributed by atoms with E-state index in [1.807, 2.05) is 6.92 Å². The van der Waals surface area contributed by atoms with Gasteiger partial charge in [0.2, 0.25) is 0 Å². The number of aryl methyl sites for hydroxylation is 2. The van der Waals surface area contributed by atoms with Gasteiger partial charge in [0.15, 0.2) is 5.82 Å². The number of pyridine rings is 2. The smallest absolute Gasteiger partial charge is 0.359 e. The molecule has 0 amide bonds. The number of halogens is 4. The maximum atomic E-state index is 14.2. The molecule has 1 fully saturated rings. The molecule has 3 heterocycles. The highest BCUT2D eigenvalue weighted by molar-refractivity contribution is 5.92. The minimum atomic E-state index is -3.93. The van der Waals surface area contributed by atoms with Crippen LogP contribution < -0.4 is 11.1 Å². The molecule has 0 aliphatic heterocycles. The minimum absolute atomic E-state index is 0.159. The first-order chi connectivity index (χ1) is 14.6. The van der Waals surface area contributed by atoms with Crippen LogP contribution in [0.2, 0.25) is 0 Å². The van der Waals surface area contributed by atoms with Crippen LogP contribution in [0.3, 0.4) is 0 Å². The summed E-state index contributed by atoms with van der Waals surface area (Å²) in [4.78, 5) is 29.0. The molecule has 0 atom stereocenters. The molecule has 3 aromatic heterocycles. The molecule has 2 N–H and O–H groups in total. The van der Waals surface area contributed by atoms with E-state index in [1.54, 1.807) is 29.8 Å². The van der Waals surface area contributed by atoms with Gasteiger partial charge in [-0.1, -0.05) is 19.3 Å². The Labute approximate surface area is 176 Å². The van der Waals surface area contributed by atoms with Crippen molar-refractivity contribution in [2.75, 3.05) is 0 Å². The largest absolute Gasteiger partial charge is 0.391 e. The van der Waals surface area contributed by atoms with Gasteiger partial charge >= 0.3 is 6.18 Å². The zero-order chi connectivity index (χ0) is 22.8. The monoisotopic (exact) mass is 439 g/mol. The summed E-state index contributed by atoms with van der Waals surface area (Å²) in [6.07, 6.45) is 0.877. The average molecular weight is 439 g/mol. The molecule has 3 aromatic rings. The summed E-state index contributed by atoms with van der Waals surface area (Å²) in [5, 5.41) is 0. The van der Waals surface area contributed by atoms with E-state index in [1.165, 1.54) is 6.07 Å². The summed E-state index contributed by atoms with van der Waals surface area (Å²) in [6.45, 7) is 3.99. The van der Waals surface area contributed by atoms with Crippen LogP contribution in [0, 0.1) is 18.7 Å². The second-order valence-corrected chi connectivity index (χ2v) is 7.77. The number of nitrogens with zero attached hydrogens (tertiary/aromatic N) is 1. The molecule has 1 saturated carbocycles. The van der Waals surface area contributed by atoms with E-state index in [0.29, 0.717) is 36.2 Å². The summed E-state index contributed by atoms with van der Waals surface area (Å²) in [6, 6.07) is 4.69. The highest BCUT2D eigenvalue weighted by Crippen LogP contribution is 2.37. The van der Waals surface area contributed by atoms with E-state index in [0.717, 1.165) is 24.8 Å². The Hall–Kier alpha value is -2.84. The molecule has 9 heteroatoms. The fourth-order valence-electron chi connectivity index (χ4n) is 4.02. The Bertz CT molecular complexity index is 1170. The normalized spacial score (nSPS) is 15.0. The van der Waals surface area contributed by atoms with Gasteiger partial charge in [0.1, 0.15) is 0 Å². The van der Waals surface area contributed by atoms with Crippen molar-refractivity contribution in [3.05, 3.63) is 56.6 Å². The first-order valence-corrected chi connectivity index (χ1v) is 10.3. The van der Waals surface area contributed by atoms with Crippen molar-refractivity contribution in [2.45, 2.75) is 58.7 Å². The lowest BCUT2D eigenvalue weighted by molar-refractivity contribution is -0.181. The molecule has 5 nitrogen and oxygen atoms in total. The van der Waals surface area contributed by atoms with E-state index in [2.05, 4.69) is 9.97 Å². The van der Waals surface area contributed by atoms with E-state index >= 15 is 0 Å². The van der Waals surface area contributed by atoms with Crippen molar-refractivity contribution in [1.82, 2.24) is 14.5 Å². The molecular formula is C22H25F4N3O2. The van der Waals surface area contributed by atoms with Gasteiger partial charge < -0.3 is 14.5 Å². The predicted molar refractivity (Wildman–Crippen MR) is 112 cm³/mol. The van der Waals surface area contributed by atoms with Gasteiger partial charge in [0.05, 0.1) is 17.0 Å². The Morgan fingerprint density at radius 3 is 2.35 bits per heavy atom. The van der Waals surface area contributed by atoms with Crippen molar-refractivity contribution in [3.8, 4) is 11.1 Å². The van der Waals surface area contributed by atoms with Crippen molar-refractivity contribution < 1.29 is 17.6 Å². The van der Waals surface area contributed by atoms with Gasteiger partial charge in [0, 0.05) is 35.6 Å². The zero-order valence-corrected chi connectivity index (χ0v) is 17.4. The summed E-state index contributed by atoms with van der Waals surface area (Å²) in [5.41, 5.74) is 1.67. The van der Waals surface area contributed by atoms with Crippen LogP contribution >= 0.6 is 0 Å². The maximum absolute atomic E-state index is 14.2. The number of rotatable bonds is 2. The molecule has 0 saturated heterocycles. The van der Waals surface area contributed by atoms with Gasteiger partial charge in [-0.05, 0) is 38.8 Å². The van der Waals surface area contributed by atoms with E-state index in [-0.39, 0.29) is 11.1 Å². The van der Waals surface area contributed by atoms with E-state index < -0.39 is 23.5 Å². The third-order valence-electron chi connectivity index (χ3n) is 5.59. The molecule has 0 aromatic carbocycles. The van der Waals surface area contributed by atoms with Crippen molar-refractivity contribution in [3.63, 3.8) is 0 Å². The summed E-state index contributed by atoms with van der Waals surface area (Å²) in [7, 11) is 0. The topological polar surface area (TPSA) is 70.7 Å². The lowest BCUT2D eigenvalue weighted by atomic mass is 9.89. The van der Waals surface area contributed by atoms with Gasteiger partial charge in [-0.25, -0.2) is 4.39 Å². The van der Waals surface area contributed by atoms with Gasteiger partial charge in [0.25, 0.3) is 11.1 Å². The van der Waals surface area contributed by atoms with Crippen molar-refractivity contribution >= 4 is 11.0 Å². The Balaban J connectivity index is 0.000000229. The zero-order valence-electron chi connectivity index (χ0n) is 17.4. The number of hydrogen-bond donors (Lipinski definition) is 2. The van der Waals surface area contributed by atoms with Crippen LogP contribution in [0.25, 0.3) is 22.2 Å². The molecule has 1 aliphatic carbocycles. The molecule has 1 aliphatic rings. The molecule has 168 valence electrons. The second kappa shape index (κ2) is 9.11. The maximum Gasteiger partial charge on any atom is 0.391 e. The summed E-state index contributed by atoms with van der Waals surface area (Å²) >= 11 is 0. The number of H-pyrrole nitrogens is 2. The molecule has 0 bridgehead atoms. The number of aromatic nitrogens is 3. The third-order valence-corrected chi connectivity index (χ3v) is 5.59. The van der Waals surface area contributed by atoms with Crippen LogP contribution in [0.4, 0.5) is 17.6 Å². The molecular weight excluding hydrogens is 414 g/mol. The molecule has 31 heavy (non-hydrogen) atoms. The third kappa shape index (κ3) is 4.91. The molecule has 0 unspecified atom stereocenters. The quantitative estimate of drug-likeness (QED) is 0.533. The van der Waals surface area contributed by atoms with Crippen molar-refractivity contribution in [2.24, 2.45) is 5.92 Å². The predicted octanol–water partition coefficient (Wildman–Crippen LogP) is 5.28. The Morgan fingerprint density at radius 1 is 1.10 bits per heavy atom. The van der Waals surface area contributed by atoms with E-state index in [4.69, 9.17) is 0 Å². The second-order valence-electron chi connectivity index (χ2n) is 7.77. The number of alkyl halides is 3. The average Bonchev–Trinajstić information content (AvgIpc) is 3.15. The summed E-state index contributed by atoms with van der Waals surface area (Å²) < 4.78 is 51.5. The Kier molecular flexibility index (Phi) is 6.71. The van der Waals surface area contributed by atoms with Gasteiger partial charge in [-0.3, -0.25) is 9.59 Å². The first-order valence-electron chi connectivity index (χ1n) is 10.3.